The first-order valence-corrected chi connectivity index (χ1v) is 7.13. The van der Waals surface area contributed by atoms with E-state index in [1.54, 1.807) is 4.68 Å². The third-order valence-electron chi connectivity index (χ3n) is 2.82. The zero-order valence-corrected chi connectivity index (χ0v) is 13.1. The van der Waals surface area contributed by atoms with Crippen LogP contribution in [0, 0.1) is 5.92 Å². The number of aromatic nitrogens is 4. The summed E-state index contributed by atoms with van der Waals surface area (Å²) in [6, 6.07) is 7.39. The van der Waals surface area contributed by atoms with Gasteiger partial charge in [-0.3, -0.25) is 4.79 Å². The van der Waals surface area contributed by atoms with Gasteiger partial charge in [0.2, 0.25) is 5.91 Å². The maximum Gasteiger partial charge on any atom is 0.223 e. The van der Waals surface area contributed by atoms with Crippen LogP contribution >= 0.6 is 15.9 Å². The molecule has 0 aliphatic carbocycles. The number of nitrogens with zero attached hydrogens (tertiary/aromatic N) is 4. The summed E-state index contributed by atoms with van der Waals surface area (Å²) >= 11 is 3.42. The molecule has 106 valence electrons. The molecule has 1 atom stereocenters. The molecule has 0 radical (unpaired) electrons. The highest BCUT2D eigenvalue weighted by atomic mass is 79.9. The van der Waals surface area contributed by atoms with Crippen molar-refractivity contribution in [1.29, 1.82) is 0 Å². The van der Waals surface area contributed by atoms with Crippen molar-refractivity contribution in [3.8, 4) is 5.69 Å². The van der Waals surface area contributed by atoms with Crippen LogP contribution in [-0.2, 0) is 4.79 Å². The lowest BCUT2D eigenvalue weighted by Crippen LogP contribution is -2.31. The van der Waals surface area contributed by atoms with Gasteiger partial charge in [-0.05, 0) is 35.5 Å². The highest BCUT2D eigenvalue weighted by Crippen LogP contribution is 2.18. The number of hydrogen-bond acceptors (Lipinski definition) is 4. The fourth-order valence-electron chi connectivity index (χ4n) is 1.70. The largest absolute Gasteiger partial charge is 0.346 e. The number of halogens is 1. The SMILES string of the molecule is CC(C)C(=O)NC(C)c1nnnn1-c1cccc(Br)c1. The Kier molecular flexibility index (Phi) is 4.49. The van der Waals surface area contributed by atoms with Crippen LogP contribution in [0.25, 0.3) is 5.69 Å². The molecule has 0 bridgehead atoms. The first-order chi connectivity index (χ1) is 9.49. The molecule has 1 heterocycles. The van der Waals surface area contributed by atoms with Crippen LogP contribution in [0.3, 0.4) is 0 Å². The maximum absolute atomic E-state index is 11.8. The first-order valence-electron chi connectivity index (χ1n) is 6.33. The number of rotatable bonds is 4. The van der Waals surface area contributed by atoms with Gasteiger partial charge >= 0.3 is 0 Å². The van der Waals surface area contributed by atoms with Crippen LogP contribution in [0.1, 0.15) is 32.6 Å². The van der Waals surface area contributed by atoms with Crippen molar-refractivity contribution in [1.82, 2.24) is 25.5 Å². The number of carbonyl (C=O) groups is 1. The van der Waals surface area contributed by atoms with E-state index in [9.17, 15) is 4.79 Å². The summed E-state index contributed by atoms with van der Waals surface area (Å²) in [4.78, 5) is 11.8. The molecule has 0 aliphatic heterocycles. The van der Waals surface area contributed by atoms with E-state index >= 15 is 0 Å². The number of nitrogens with one attached hydrogen (secondary N) is 1. The van der Waals surface area contributed by atoms with Crippen LogP contribution in [0.15, 0.2) is 28.7 Å². The van der Waals surface area contributed by atoms with Crippen molar-refractivity contribution in [3.05, 3.63) is 34.6 Å². The van der Waals surface area contributed by atoms with Crippen LogP contribution in [0.4, 0.5) is 0 Å². The second-order valence-corrected chi connectivity index (χ2v) is 5.73. The first kappa shape index (κ1) is 14.6. The Morgan fingerprint density at radius 2 is 2.10 bits per heavy atom. The third kappa shape index (κ3) is 3.22. The highest BCUT2D eigenvalue weighted by molar-refractivity contribution is 9.10. The van der Waals surface area contributed by atoms with Crippen molar-refractivity contribution in [2.75, 3.05) is 0 Å². The molecular formula is C13H16BrN5O. The van der Waals surface area contributed by atoms with E-state index in [0.717, 1.165) is 10.2 Å². The molecule has 1 aromatic carbocycles. The summed E-state index contributed by atoms with van der Waals surface area (Å²) in [7, 11) is 0. The Balaban J connectivity index is 2.27. The van der Waals surface area contributed by atoms with Crippen LogP contribution in [-0.4, -0.2) is 26.1 Å². The lowest BCUT2D eigenvalue weighted by atomic mass is 10.2. The summed E-state index contributed by atoms with van der Waals surface area (Å²) in [6.07, 6.45) is 0. The molecule has 6 nitrogen and oxygen atoms in total. The monoisotopic (exact) mass is 337 g/mol. The van der Waals surface area contributed by atoms with E-state index in [1.807, 2.05) is 45.0 Å². The lowest BCUT2D eigenvalue weighted by Gasteiger charge is -2.15. The number of carbonyl (C=O) groups excluding carboxylic acids is 1. The van der Waals surface area contributed by atoms with Crippen molar-refractivity contribution >= 4 is 21.8 Å². The van der Waals surface area contributed by atoms with E-state index in [0.29, 0.717) is 5.82 Å². The molecular weight excluding hydrogens is 322 g/mol. The van der Waals surface area contributed by atoms with Gasteiger partial charge in [0, 0.05) is 10.4 Å². The molecule has 0 saturated carbocycles. The quantitative estimate of drug-likeness (QED) is 0.928. The average Bonchev–Trinajstić information content (AvgIpc) is 2.87. The van der Waals surface area contributed by atoms with Crippen molar-refractivity contribution < 1.29 is 4.79 Å². The molecule has 1 unspecified atom stereocenters. The van der Waals surface area contributed by atoms with Crippen molar-refractivity contribution in [2.45, 2.75) is 26.8 Å². The summed E-state index contributed by atoms with van der Waals surface area (Å²) in [5.41, 5.74) is 0.838. The third-order valence-corrected chi connectivity index (χ3v) is 3.31. The Morgan fingerprint density at radius 1 is 1.35 bits per heavy atom. The number of benzene rings is 1. The minimum atomic E-state index is -0.265. The number of amides is 1. The predicted octanol–water partition coefficient (Wildman–Crippen LogP) is 2.26. The van der Waals surface area contributed by atoms with Crippen LogP contribution < -0.4 is 5.32 Å². The summed E-state index contributed by atoms with van der Waals surface area (Å²) < 4.78 is 2.56. The molecule has 1 N–H and O–H groups in total. The fraction of sp³-hybridized carbons (Fsp3) is 0.385. The summed E-state index contributed by atoms with van der Waals surface area (Å²) in [5, 5.41) is 14.6. The normalized spacial score (nSPS) is 12.4. The average molecular weight is 338 g/mol. The fourth-order valence-corrected chi connectivity index (χ4v) is 2.09. The van der Waals surface area contributed by atoms with Crippen molar-refractivity contribution in [2.24, 2.45) is 5.92 Å². The van der Waals surface area contributed by atoms with E-state index < -0.39 is 0 Å². The van der Waals surface area contributed by atoms with Crippen LogP contribution in [0.2, 0.25) is 0 Å². The smallest absolute Gasteiger partial charge is 0.223 e. The van der Waals surface area contributed by atoms with Gasteiger partial charge < -0.3 is 5.32 Å². The highest BCUT2D eigenvalue weighted by Gasteiger charge is 2.19. The number of hydrogen-bond donors (Lipinski definition) is 1. The summed E-state index contributed by atoms with van der Waals surface area (Å²) in [5.74, 6) is 0.492. The zero-order valence-electron chi connectivity index (χ0n) is 11.5. The Labute approximate surface area is 125 Å². The second kappa shape index (κ2) is 6.13. The van der Waals surface area contributed by atoms with Gasteiger partial charge in [-0.2, -0.15) is 4.68 Å². The van der Waals surface area contributed by atoms with Gasteiger partial charge in [-0.1, -0.05) is 35.8 Å². The van der Waals surface area contributed by atoms with Gasteiger partial charge in [-0.25, -0.2) is 0 Å². The zero-order chi connectivity index (χ0) is 14.7. The molecule has 1 amide bonds. The van der Waals surface area contributed by atoms with Gasteiger partial charge in [0.15, 0.2) is 5.82 Å². The second-order valence-electron chi connectivity index (χ2n) is 4.81. The molecule has 2 rings (SSSR count). The van der Waals surface area contributed by atoms with E-state index in [-0.39, 0.29) is 17.9 Å². The molecule has 0 fully saturated rings. The van der Waals surface area contributed by atoms with E-state index in [2.05, 4.69) is 36.8 Å². The standard InChI is InChI=1S/C13H16BrN5O/c1-8(2)13(20)15-9(3)12-16-17-18-19(12)11-6-4-5-10(14)7-11/h4-9H,1-3H3,(H,15,20). The Hall–Kier alpha value is -1.76. The Morgan fingerprint density at radius 3 is 2.75 bits per heavy atom. The minimum Gasteiger partial charge on any atom is -0.346 e. The minimum absolute atomic E-state index is 0.0266. The number of tetrazole rings is 1. The molecule has 0 saturated heterocycles. The van der Waals surface area contributed by atoms with Crippen LogP contribution in [0.5, 0.6) is 0 Å². The lowest BCUT2D eigenvalue weighted by molar-refractivity contribution is -0.124. The van der Waals surface area contributed by atoms with Gasteiger partial charge in [0.05, 0.1) is 11.7 Å². The summed E-state index contributed by atoms with van der Waals surface area (Å²) in [6.45, 7) is 5.55. The Bertz CT molecular complexity index is 610. The molecule has 2 aromatic rings. The van der Waals surface area contributed by atoms with Gasteiger partial charge in [0.25, 0.3) is 0 Å². The van der Waals surface area contributed by atoms with Gasteiger partial charge in [0.1, 0.15) is 0 Å². The molecule has 0 aliphatic rings. The molecule has 1 aromatic heterocycles. The van der Waals surface area contributed by atoms with Crippen molar-refractivity contribution in [3.63, 3.8) is 0 Å². The molecule has 0 spiro atoms. The van der Waals surface area contributed by atoms with Gasteiger partial charge in [-0.15, -0.1) is 5.10 Å². The topological polar surface area (TPSA) is 72.7 Å². The van der Waals surface area contributed by atoms with E-state index in [1.165, 1.54) is 0 Å². The van der Waals surface area contributed by atoms with E-state index in [4.69, 9.17) is 0 Å². The maximum atomic E-state index is 11.8. The molecule has 20 heavy (non-hydrogen) atoms. The molecule has 7 heteroatoms. The predicted molar refractivity (Wildman–Crippen MR) is 78.2 cm³/mol.